The van der Waals surface area contributed by atoms with Crippen molar-refractivity contribution < 1.29 is 5.11 Å². The van der Waals surface area contributed by atoms with Gasteiger partial charge in [-0.2, -0.15) is 0 Å². The molecule has 0 amide bonds. The van der Waals surface area contributed by atoms with E-state index < -0.39 is 6.10 Å². The Kier molecular flexibility index (Phi) is 2.97. The van der Waals surface area contributed by atoms with E-state index in [1.165, 1.54) is 11.1 Å². The Hall–Kier alpha value is -2.19. The van der Waals surface area contributed by atoms with Crippen molar-refractivity contribution in [1.82, 2.24) is 4.98 Å². The van der Waals surface area contributed by atoms with Gasteiger partial charge in [0.25, 0.3) is 0 Å². The number of aliphatic hydroxyl groups excluding tert-OH is 1. The highest BCUT2D eigenvalue weighted by molar-refractivity contribution is 5.85. The normalized spacial score (nSPS) is 16.0. The second kappa shape index (κ2) is 4.97. The number of nitrogens with zero attached hydrogens (tertiary/aromatic N) is 1. The zero-order chi connectivity index (χ0) is 14.2. The fraction of sp³-hybridized carbons (Fsp3) is 0.211. The third kappa shape index (κ3) is 2.12. The van der Waals surface area contributed by atoms with Crippen molar-refractivity contribution in [3.05, 3.63) is 77.6 Å². The first-order valence-electron chi connectivity index (χ1n) is 7.40. The maximum Gasteiger partial charge on any atom is 0.0830 e. The van der Waals surface area contributed by atoms with Crippen LogP contribution in [-0.4, -0.2) is 10.1 Å². The molecule has 0 spiro atoms. The maximum atomic E-state index is 10.9. The Bertz CT molecular complexity index is 766. The van der Waals surface area contributed by atoms with Gasteiger partial charge in [0.2, 0.25) is 0 Å². The summed E-state index contributed by atoms with van der Waals surface area (Å²) in [4.78, 5) is 4.16. The summed E-state index contributed by atoms with van der Waals surface area (Å²) in [6, 6.07) is 16.6. The molecule has 1 N–H and O–H groups in total. The highest BCUT2D eigenvalue weighted by Crippen LogP contribution is 2.37. The Morgan fingerprint density at radius 2 is 1.71 bits per heavy atom. The molecule has 2 nitrogen and oxygen atoms in total. The maximum absolute atomic E-state index is 10.9. The molecular weight excluding hydrogens is 258 g/mol. The molecule has 1 heterocycles. The van der Waals surface area contributed by atoms with Crippen LogP contribution >= 0.6 is 0 Å². The number of pyridine rings is 1. The highest BCUT2D eigenvalue weighted by Gasteiger charge is 2.28. The summed E-state index contributed by atoms with van der Waals surface area (Å²) in [5.74, 6) is 0.265. The van der Waals surface area contributed by atoms with Gasteiger partial charge >= 0.3 is 0 Å². The molecule has 0 saturated heterocycles. The molecule has 0 saturated carbocycles. The predicted octanol–water partition coefficient (Wildman–Crippen LogP) is 3.68. The molecule has 104 valence electrons. The number of rotatable bonds is 2. The lowest BCUT2D eigenvalue weighted by Crippen LogP contribution is -2.13. The van der Waals surface area contributed by atoms with Crippen molar-refractivity contribution in [3.63, 3.8) is 0 Å². The first-order chi connectivity index (χ1) is 10.3. The molecule has 2 heteroatoms. The Morgan fingerprint density at radius 3 is 2.48 bits per heavy atom. The van der Waals surface area contributed by atoms with E-state index in [0.29, 0.717) is 0 Å². The molecule has 0 bridgehead atoms. The third-order valence-corrected chi connectivity index (χ3v) is 4.56. The van der Waals surface area contributed by atoms with Crippen LogP contribution in [0.1, 0.15) is 22.8 Å². The van der Waals surface area contributed by atoms with Gasteiger partial charge in [-0.15, -0.1) is 0 Å². The van der Waals surface area contributed by atoms with Gasteiger partial charge in [0.05, 0.1) is 6.10 Å². The number of benzene rings is 2. The largest absolute Gasteiger partial charge is 0.388 e. The van der Waals surface area contributed by atoms with Crippen molar-refractivity contribution in [3.8, 4) is 0 Å². The number of aliphatic hydroxyl groups is 1. The summed E-state index contributed by atoms with van der Waals surface area (Å²) < 4.78 is 0. The fourth-order valence-corrected chi connectivity index (χ4v) is 3.48. The van der Waals surface area contributed by atoms with Crippen LogP contribution in [0.25, 0.3) is 10.8 Å². The van der Waals surface area contributed by atoms with E-state index in [2.05, 4.69) is 29.2 Å². The lowest BCUT2D eigenvalue weighted by molar-refractivity contribution is 0.115. The van der Waals surface area contributed by atoms with Gasteiger partial charge in [-0.1, -0.05) is 42.5 Å². The molecule has 1 unspecified atom stereocenters. The molecule has 1 atom stereocenters. The van der Waals surface area contributed by atoms with Crippen molar-refractivity contribution in [2.24, 2.45) is 5.92 Å². The minimum atomic E-state index is -0.427. The minimum absolute atomic E-state index is 0.265. The molecule has 0 fully saturated rings. The average Bonchev–Trinajstić information content (AvgIpc) is 2.97. The van der Waals surface area contributed by atoms with E-state index in [4.69, 9.17) is 0 Å². The summed E-state index contributed by atoms with van der Waals surface area (Å²) >= 11 is 0. The van der Waals surface area contributed by atoms with E-state index >= 15 is 0 Å². The van der Waals surface area contributed by atoms with Crippen LogP contribution in [0.3, 0.4) is 0 Å². The SMILES string of the molecule is OC(c1cccc2cnccc12)C1Cc2ccccc2C1. The fourth-order valence-electron chi connectivity index (χ4n) is 3.48. The molecule has 1 aromatic heterocycles. The van der Waals surface area contributed by atoms with Gasteiger partial charge in [-0.3, -0.25) is 4.98 Å². The van der Waals surface area contributed by atoms with Gasteiger partial charge in [-0.05, 0) is 46.9 Å². The first-order valence-corrected chi connectivity index (χ1v) is 7.40. The lowest BCUT2D eigenvalue weighted by Gasteiger charge is -2.19. The summed E-state index contributed by atoms with van der Waals surface area (Å²) in [7, 11) is 0. The molecule has 1 aliphatic rings. The summed E-state index contributed by atoms with van der Waals surface area (Å²) in [5.41, 5.74) is 3.78. The summed E-state index contributed by atoms with van der Waals surface area (Å²) in [5, 5.41) is 13.1. The molecule has 4 rings (SSSR count). The van der Waals surface area contributed by atoms with Gasteiger partial charge < -0.3 is 5.11 Å². The second-order valence-electron chi connectivity index (χ2n) is 5.83. The third-order valence-electron chi connectivity index (χ3n) is 4.56. The van der Waals surface area contributed by atoms with Crippen molar-refractivity contribution in [1.29, 1.82) is 0 Å². The monoisotopic (exact) mass is 275 g/mol. The zero-order valence-corrected chi connectivity index (χ0v) is 11.7. The molecule has 1 aliphatic carbocycles. The molecule has 0 radical (unpaired) electrons. The van der Waals surface area contributed by atoms with Crippen LogP contribution in [0.4, 0.5) is 0 Å². The van der Waals surface area contributed by atoms with Crippen LogP contribution in [0.2, 0.25) is 0 Å². The van der Waals surface area contributed by atoms with Crippen molar-refractivity contribution in [2.45, 2.75) is 18.9 Å². The highest BCUT2D eigenvalue weighted by atomic mass is 16.3. The Balaban J connectivity index is 1.71. The van der Waals surface area contributed by atoms with Gasteiger partial charge in [0.1, 0.15) is 0 Å². The summed E-state index contributed by atoms with van der Waals surface area (Å²) in [6.07, 6.45) is 5.14. The second-order valence-corrected chi connectivity index (χ2v) is 5.83. The minimum Gasteiger partial charge on any atom is -0.388 e. The van der Waals surface area contributed by atoms with Crippen LogP contribution < -0.4 is 0 Å². The van der Waals surface area contributed by atoms with Crippen molar-refractivity contribution >= 4 is 10.8 Å². The first kappa shape index (κ1) is 12.5. The van der Waals surface area contributed by atoms with E-state index in [0.717, 1.165) is 29.2 Å². The quantitative estimate of drug-likeness (QED) is 0.774. The van der Waals surface area contributed by atoms with E-state index in [-0.39, 0.29) is 5.92 Å². The average molecular weight is 275 g/mol. The van der Waals surface area contributed by atoms with E-state index in [9.17, 15) is 5.11 Å². The molecule has 0 aliphatic heterocycles. The van der Waals surface area contributed by atoms with Crippen molar-refractivity contribution in [2.75, 3.05) is 0 Å². The van der Waals surface area contributed by atoms with Crippen LogP contribution in [0, 0.1) is 5.92 Å². The van der Waals surface area contributed by atoms with Gasteiger partial charge in [-0.25, -0.2) is 0 Å². The Morgan fingerprint density at radius 1 is 0.952 bits per heavy atom. The van der Waals surface area contributed by atoms with Gasteiger partial charge in [0, 0.05) is 17.8 Å². The number of hydrogen-bond donors (Lipinski definition) is 1. The smallest absolute Gasteiger partial charge is 0.0830 e. The number of fused-ring (bicyclic) bond motifs is 2. The standard InChI is InChI=1S/C19H17NO/c21-19(16-10-13-4-1-2-5-14(13)11-16)18-7-3-6-15-12-20-9-8-17(15)18/h1-9,12,16,19,21H,10-11H2. The predicted molar refractivity (Wildman–Crippen MR) is 84.0 cm³/mol. The molecule has 3 aromatic rings. The van der Waals surface area contributed by atoms with Gasteiger partial charge in [0.15, 0.2) is 0 Å². The summed E-state index contributed by atoms with van der Waals surface area (Å²) in [6.45, 7) is 0. The zero-order valence-electron chi connectivity index (χ0n) is 11.7. The van der Waals surface area contributed by atoms with Crippen LogP contribution in [-0.2, 0) is 12.8 Å². The molecule has 2 aromatic carbocycles. The Labute approximate surface area is 124 Å². The number of hydrogen-bond acceptors (Lipinski definition) is 2. The molecule has 21 heavy (non-hydrogen) atoms. The topological polar surface area (TPSA) is 33.1 Å². The number of aromatic nitrogens is 1. The van der Waals surface area contributed by atoms with Crippen LogP contribution in [0.5, 0.6) is 0 Å². The van der Waals surface area contributed by atoms with Crippen LogP contribution in [0.15, 0.2) is 60.9 Å². The lowest BCUT2D eigenvalue weighted by atomic mass is 9.90. The van der Waals surface area contributed by atoms with E-state index in [1.807, 2.05) is 30.5 Å². The van der Waals surface area contributed by atoms with E-state index in [1.54, 1.807) is 6.20 Å². The molecular formula is C19H17NO.